The first-order chi connectivity index (χ1) is 13.6. The maximum Gasteiger partial charge on any atom is 0.269 e. The van der Waals surface area contributed by atoms with Crippen molar-refractivity contribution in [1.82, 2.24) is 10.9 Å². The van der Waals surface area contributed by atoms with Gasteiger partial charge in [-0.2, -0.15) is 5.26 Å². The molecule has 0 saturated heterocycles. The summed E-state index contributed by atoms with van der Waals surface area (Å²) in [6.45, 7) is 3.01. The number of hydrogen-bond donors (Lipinski definition) is 5. The molecule has 0 fully saturated rings. The van der Waals surface area contributed by atoms with Crippen LogP contribution in [0.25, 0.3) is 0 Å². The number of carbonyl (C=O) groups is 2. The molecule has 0 heterocycles. The van der Waals surface area contributed by atoms with Crippen LogP contribution < -0.4 is 16.2 Å². The van der Waals surface area contributed by atoms with E-state index in [0.29, 0.717) is 11.3 Å². The lowest BCUT2D eigenvalue weighted by Gasteiger charge is -2.23. The van der Waals surface area contributed by atoms with Crippen molar-refractivity contribution < 1.29 is 24.2 Å². The number of nitriles is 1. The number of amides is 2. The van der Waals surface area contributed by atoms with E-state index in [1.807, 2.05) is 6.07 Å². The molecule has 0 bridgehead atoms. The summed E-state index contributed by atoms with van der Waals surface area (Å²) in [5, 5.41) is 31.1. The van der Waals surface area contributed by atoms with E-state index in [-0.39, 0.29) is 16.1 Å². The minimum atomic E-state index is -1.17. The molecule has 0 aromatic heterocycles. The molecule has 29 heavy (non-hydrogen) atoms. The summed E-state index contributed by atoms with van der Waals surface area (Å²) in [5.41, 5.74) is 5.31. The topological polar surface area (TPSA) is 134 Å². The maximum atomic E-state index is 13.3. The van der Waals surface area contributed by atoms with Gasteiger partial charge >= 0.3 is 0 Å². The zero-order valence-electron chi connectivity index (χ0n) is 15.5. The third-order valence-electron chi connectivity index (χ3n) is 4.09. The fraction of sp³-hybridized carbons (Fsp3) is 0.211. The van der Waals surface area contributed by atoms with Gasteiger partial charge in [-0.05, 0) is 49.7 Å². The van der Waals surface area contributed by atoms with E-state index in [4.69, 9.17) is 22.0 Å². The number of aromatic hydroxyl groups is 1. The van der Waals surface area contributed by atoms with Crippen LogP contribution >= 0.6 is 11.6 Å². The number of anilines is 1. The van der Waals surface area contributed by atoms with E-state index >= 15 is 0 Å². The number of carbonyl (C=O) groups excluding carboxylic acids is 2. The average Bonchev–Trinajstić information content (AvgIpc) is 2.68. The minimum Gasteiger partial charge on any atom is -0.505 e. The summed E-state index contributed by atoms with van der Waals surface area (Å²) in [6.07, 6.45) is -1.16. The lowest BCUT2D eigenvalue weighted by molar-refractivity contribution is -0.124. The highest BCUT2D eigenvalue weighted by molar-refractivity contribution is 6.32. The Morgan fingerprint density at radius 2 is 1.93 bits per heavy atom. The summed E-state index contributed by atoms with van der Waals surface area (Å²) >= 11 is 6.10. The van der Waals surface area contributed by atoms with Crippen LogP contribution in [-0.4, -0.2) is 34.2 Å². The zero-order chi connectivity index (χ0) is 21.7. The van der Waals surface area contributed by atoms with Gasteiger partial charge < -0.3 is 15.5 Å². The lowest BCUT2D eigenvalue weighted by Crippen LogP contribution is -2.52. The third-order valence-corrected chi connectivity index (χ3v) is 4.58. The van der Waals surface area contributed by atoms with Gasteiger partial charge in [-0.25, -0.2) is 4.39 Å². The molecule has 0 saturated carbocycles. The Balaban J connectivity index is 2.10. The normalized spacial score (nSPS) is 12.4. The number of hydrogen-bond acceptors (Lipinski definition) is 6. The number of rotatable bonds is 5. The van der Waals surface area contributed by atoms with Gasteiger partial charge in [0.25, 0.3) is 11.8 Å². The van der Waals surface area contributed by atoms with E-state index in [2.05, 4.69) is 16.2 Å². The van der Waals surface area contributed by atoms with Crippen molar-refractivity contribution in [3.8, 4) is 11.8 Å². The molecule has 0 spiro atoms. The summed E-state index contributed by atoms with van der Waals surface area (Å²) < 4.78 is 13.3. The van der Waals surface area contributed by atoms with Crippen LogP contribution in [0.4, 0.5) is 10.1 Å². The molecule has 2 rings (SSSR count). The quantitative estimate of drug-likeness (QED) is 0.469. The fourth-order valence-electron chi connectivity index (χ4n) is 2.42. The van der Waals surface area contributed by atoms with Crippen molar-refractivity contribution in [1.29, 1.82) is 5.26 Å². The molecule has 0 aliphatic heterocycles. The Morgan fingerprint density at radius 1 is 1.24 bits per heavy atom. The van der Waals surface area contributed by atoms with E-state index < -0.39 is 35.5 Å². The van der Waals surface area contributed by atoms with Crippen LogP contribution in [0, 0.1) is 24.1 Å². The molecule has 2 unspecified atom stereocenters. The van der Waals surface area contributed by atoms with Crippen LogP contribution in [0.15, 0.2) is 30.3 Å². The number of phenolic OH excluding ortho intramolecular Hbond substituents is 1. The number of aliphatic hydroxyl groups is 1. The van der Waals surface area contributed by atoms with Crippen LogP contribution in [0.5, 0.6) is 5.75 Å². The van der Waals surface area contributed by atoms with Crippen molar-refractivity contribution in [2.75, 3.05) is 5.32 Å². The largest absolute Gasteiger partial charge is 0.505 e. The highest BCUT2D eigenvalue weighted by atomic mass is 35.5. The number of hydrazine groups is 1. The molecule has 2 amide bonds. The average molecular weight is 421 g/mol. The number of benzene rings is 2. The second kappa shape index (κ2) is 9.23. The first-order valence-electron chi connectivity index (χ1n) is 8.38. The van der Waals surface area contributed by atoms with Gasteiger partial charge in [0.2, 0.25) is 0 Å². The molecule has 2 atom stereocenters. The summed E-state index contributed by atoms with van der Waals surface area (Å²) in [4.78, 5) is 24.4. The smallest absolute Gasteiger partial charge is 0.269 e. The van der Waals surface area contributed by atoms with Crippen molar-refractivity contribution in [3.05, 3.63) is 57.9 Å². The first kappa shape index (κ1) is 21.9. The number of halogens is 2. The zero-order valence-corrected chi connectivity index (χ0v) is 16.2. The Kier molecular flexibility index (Phi) is 6.98. The summed E-state index contributed by atoms with van der Waals surface area (Å²) in [7, 11) is 0. The van der Waals surface area contributed by atoms with Gasteiger partial charge in [0, 0.05) is 11.3 Å². The molecule has 152 valence electrons. The van der Waals surface area contributed by atoms with Gasteiger partial charge in [-0.3, -0.25) is 20.4 Å². The van der Waals surface area contributed by atoms with Crippen molar-refractivity contribution in [2.24, 2.45) is 0 Å². The molecule has 10 heteroatoms. The Labute approximate surface area is 170 Å². The van der Waals surface area contributed by atoms with Gasteiger partial charge in [-0.1, -0.05) is 11.6 Å². The molecule has 5 N–H and O–H groups in total. The second-order valence-corrected chi connectivity index (χ2v) is 6.56. The number of nitrogens with zero attached hydrogens (tertiary/aromatic N) is 1. The highest BCUT2D eigenvalue weighted by Crippen LogP contribution is 2.27. The van der Waals surface area contributed by atoms with E-state index in [0.717, 1.165) is 12.1 Å². The fourth-order valence-corrected chi connectivity index (χ4v) is 2.62. The number of nitrogens with one attached hydrogen (secondary N) is 3. The number of phenols is 1. The van der Waals surface area contributed by atoms with Crippen LogP contribution in [0.3, 0.4) is 0 Å². The van der Waals surface area contributed by atoms with Crippen molar-refractivity contribution in [3.63, 3.8) is 0 Å². The molecule has 0 radical (unpaired) electrons. The molecular formula is C19H18ClFN4O4. The van der Waals surface area contributed by atoms with Gasteiger partial charge in [0.1, 0.15) is 12.1 Å². The standard InChI is InChI=1S/C19H18ClFN4O4/c1-9-14(5-3-12(8-22)16(9)20)23-17(10(2)26)19(29)25-24-18(28)11-4-6-15(27)13(21)7-11/h3-7,10,17,23,26-27H,1-2H3,(H,24,28)(H,25,29). The first-order valence-corrected chi connectivity index (χ1v) is 8.76. The molecule has 2 aromatic rings. The molecule has 2 aromatic carbocycles. The molecule has 0 aliphatic carbocycles. The van der Waals surface area contributed by atoms with E-state index in [1.165, 1.54) is 19.1 Å². The summed E-state index contributed by atoms with van der Waals surface area (Å²) in [5.74, 6) is -3.19. The van der Waals surface area contributed by atoms with Crippen molar-refractivity contribution >= 4 is 29.1 Å². The number of aliphatic hydroxyl groups excluding tert-OH is 1. The third kappa shape index (κ3) is 5.13. The van der Waals surface area contributed by atoms with Gasteiger partial charge in [0.15, 0.2) is 11.6 Å². The Morgan fingerprint density at radius 3 is 2.52 bits per heavy atom. The highest BCUT2D eigenvalue weighted by Gasteiger charge is 2.25. The molecule has 0 aliphatic rings. The van der Waals surface area contributed by atoms with E-state index in [1.54, 1.807) is 13.0 Å². The predicted octanol–water partition coefficient (Wildman–Crippen LogP) is 1.99. The maximum absolute atomic E-state index is 13.3. The van der Waals surface area contributed by atoms with E-state index in [9.17, 15) is 19.1 Å². The predicted molar refractivity (Wildman–Crippen MR) is 104 cm³/mol. The summed E-state index contributed by atoms with van der Waals surface area (Å²) in [6, 6.07) is 6.76. The van der Waals surface area contributed by atoms with Crippen LogP contribution in [0.1, 0.15) is 28.4 Å². The van der Waals surface area contributed by atoms with Gasteiger partial charge in [0.05, 0.1) is 16.7 Å². The van der Waals surface area contributed by atoms with Crippen molar-refractivity contribution in [2.45, 2.75) is 26.0 Å². The lowest BCUT2D eigenvalue weighted by atomic mass is 10.1. The van der Waals surface area contributed by atoms with Crippen LogP contribution in [0.2, 0.25) is 5.02 Å². The Bertz CT molecular complexity index is 991. The monoisotopic (exact) mass is 420 g/mol. The Hall–Kier alpha value is -3.35. The second-order valence-electron chi connectivity index (χ2n) is 6.18. The SMILES string of the molecule is Cc1c(NC(C(=O)NNC(=O)c2ccc(O)c(F)c2)C(C)O)ccc(C#N)c1Cl. The minimum absolute atomic E-state index is 0.128. The molecule has 8 nitrogen and oxygen atoms in total. The molecular weight excluding hydrogens is 403 g/mol. The van der Waals surface area contributed by atoms with Crippen LogP contribution in [-0.2, 0) is 4.79 Å². The van der Waals surface area contributed by atoms with Gasteiger partial charge in [-0.15, -0.1) is 0 Å².